The van der Waals surface area contributed by atoms with Gasteiger partial charge in [0.15, 0.2) is 0 Å². The number of carboxylic acids is 1. The van der Waals surface area contributed by atoms with E-state index in [9.17, 15) is 34.2 Å². The molecule has 2 saturated heterocycles. The topological polar surface area (TPSA) is 191 Å². The maximum Gasteiger partial charge on any atom is 0.326 e. The van der Waals surface area contributed by atoms with Gasteiger partial charge in [0.1, 0.15) is 18.1 Å². The molecule has 2 aliphatic heterocycles. The van der Waals surface area contributed by atoms with E-state index in [0.29, 0.717) is 19.4 Å². The molecule has 7 N–H and O–H groups in total. The zero-order valence-electron chi connectivity index (χ0n) is 15.9. The highest BCUT2D eigenvalue weighted by atomic mass is 16.4. The summed E-state index contributed by atoms with van der Waals surface area (Å²) >= 11 is 0. The number of hydrogen-bond donors (Lipinski definition) is 6. The Morgan fingerprint density at radius 2 is 1.83 bits per heavy atom. The number of nitrogens with zero attached hydrogens (tertiary/aromatic N) is 1. The van der Waals surface area contributed by atoms with E-state index in [4.69, 9.17) is 5.73 Å². The molecule has 0 aromatic rings. The highest BCUT2D eigenvalue weighted by Crippen LogP contribution is 2.19. The zero-order valence-corrected chi connectivity index (χ0v) is 15.9. The molecular formula is C17H27N5O7. The second-order valence-electron chi connectivity index (χ2n) is 7.15. The second kappa shape index (κ2) is 10.2. The smallest absolute Gasteiger partial charge is 0.326 e. The van der Waals surface area contributed by atoms with Crippen LogP contribution in [0.5, 0.6) is 0 Å². The number of carboxylic acid groups (broad SMARTS) is 1. The molecule has 2 rings (SSSR count). The van der Waals surface area contributed by atoms with Crippen LogP contribution in [0.25, 0.3) is 0 Å². The van der Waals surface area contributed by atoms with Gasteiger partial charge in [-0.1, -0.05) is 0 Å². The second-order valence-corrected chi connectivity index (χ2v) is 7.15. The lowest BCUT2D eigenvalue weighted by molar-refractivity contribution is -0.149. The third-order valence-corrected chi connectivity index (χ3v) is 5.03. The fourth-order valence-corrected chi connectivity index (χ4v) is 3.54. The fraction of sp³-hybridized carbons (Fsp3) is 0.706. The number of likely N-dealkylation sites (tertiary alicyclic amines) is 1. The van der Waals surface area contributed by atoms with Crippen LogP contribution in [0.2, 0.25) is 0 Å². The average Bonchev–Trinajstić information content (AvgIpc) is 3.35. The van der Waals surface area contributed by atoms with Gasteiger partial charge in [0.2, 0.25) is 23.6 Å². The minimum absolute atomic E-state index is 0.175. The van der Waals surface area contributed by atoms with Crippen molar-refractivity contribution >= 4 is 29.6 Å². The summed E-state index contributed by atoms with van der Waals surface area (Å²) in [6.45, 7) is 0.127. The van der Waals surface area contributed by atoms with Crippen LogP contribution in [0.1, 0.15) is 32.1 Å². The Morgan fingerprint density at radius 3 is 2.38 bits per heavy atom. The Labute approximate surface area is 167 Å². The molecule has 2 heterocycles. The van der Waals surface area contributed by atoms with Gasteiger partial charge >= 0.3 is 5.97 Å². The monoisotopic (exact) mass is 413 g/mol. The molecule has 2 fully saturated rings. The van der Waals surface area contributed by atoms with E-state index < -0.39 is 66.8 Å². The molecule has 12 heteroatoms. The molecule has 2 aliphatic rings. The summed E-state index contributed by atoms with van der Waals surface area (Å²) in [5.41, 5.74) is 5.17. The van der Waals surface area contributed by atoms with Gasteiger partial charge in [-0.25, -0.2) is 4.79 Å². The van der Waals surface area contributed by atoms with Crippen LogP contribution >= 0.6 is 0 Å². The van der Waals surface area contributed by atoms with E-state index >= 15 is 0 Å². The summed E-state index contributed by atoms with van der Waals surface area (Å²) < 4.78 is 0. The van der Waals surface area contributed by atoms with Crippen LogP contribution in [0, 0.1) is 0 Å². The summed E-state index contributed by atoms with van der Waals surface area (Å²) in [4.78, 5) is 61.2. The predicted octanol–water partition coefficient (Wildman–Crippen LogP) is -3.35. The molecule has 0 spiro atoms. The van der Waals surface area contributed by atoms with Crippen molar-refractivity contribution in [3.8, 4) is 0 Å². The third kappa shape index (κ3) is 5.87. The van der Waals surface area contributed by atoms with E-state index in [1.165, 1.54) is 0 Å². The largest absolute Gasteiger partial charge is 0.480 e. The molecule has 0 radical (unpaired) electrons. The number of nitrogens with one attached hydrogen (secondary N) is 3. The normalized spacial score (nSPS) is 23.3. The lowest BCUT2D eigenvalue weighted by Gasteiger charge is -2.28. The number of carbonyl (C=O) groups excluding carboxylic acids is 4. The highest BCUT2D eigenvalue weighted by molar-refractivity contribution is 5.96. The molecule has 29 heavy (non-hydrogen) atoms. The summed E-state index contributed by atoms with van der Waals surface area (Å²) in [6, 6.07) is -4.24. The quantitative estimate of drug-likeness (QED) is 0.226. The number of aliphatic hydroxyl groups is 1. The van der Waals surface area contributed by atoms with E-state index in [-0.39, 0.29) is 13.0 Å². The summed E-state index contributed by atoms with van der Waals surface area (Å²) in [5, 5.41) is 26.4. The maximum atomic E-state index is 12.8. The van der Waals surface area contributed by atoms with Crippen molar-refractivity contribution in [2.24, 2.45) is 5.73 Å². The van der Waals surface area contributed by atoms with Crippen LogP contribution < -0.4 is 21.7 Å². The van der Waals surface area contributed by atoms with Crippen molar-refractivity contribution in [1.29, 1.82) is 0 Å². The van der Waals surface area contributed by atoms with Crippen molar-refractivity contribution in [3.63, 3.8) is 0 Å². The molecule has 162 valence electrons. The minimum Gasteiger partial charge on any atom is -0.480 e. The van der Waals surface area contributed by atoms with Gasteiger partial charge in [-0.2, -0.15) is 0 Å². The summed E-state index contributed by atoms with van der Waals surface area (Å²) in [6.07, 6.45) is 1.61. The molecule has 0 bridgehead atoms. The Hall–Kier alpha value is -2.73. The number of aliphatic carboxylic acids is 1. The van der Waals surface area contributed by atoms with Crippen molar-refractivity contribution in [2.75, 3.05) is 19.7 Å². The number of aliphatic hydroxyl groups excluding tert-OH is 1. The van der Waals surface area contributed by atoms with Gasteiger partial charge < -0.3 is 36.8 Å². The SMILES string of the molecule is NC(=O)CC(NC(=O)C(CO)NC(=O)C1CCCN1)C(=O)N1CCCC1C(=O)O. The van der Waals surface area contributed by atoms with E-state index in [0.717, 1.165) is 11.3 Å². The fourth-order valence-electron chi connectivity index (χ4n) is 3.54. The minimum atomic E-state index is -1.39. The van der Waals surface area contributed by atoms with Gasteiger partial charge in [0, 0.05) is 6.54 Å². The van der Waals surface area contributed by atoms with Crippen molar-refractivity contribution in [2.45, 2.75) is 56.3 Å². The molecule has 4 unspecified atom stereocenters. The molecule has 4 amide bonds. The first-order valence-corrected chi connectivity index (χ1v) is 9.51. The van der Waals surface area contributed by atoms with Gasteiger partial charge in [-0.05, 0) is 32.2 Å². The number of rotatable bonds is 9. The van der Waals surface area contributed by atoms with E-state index in [1.807, 2.05) is 0 Å². The predicted molar refractivity (Wildman–Crippen MR) is 98.2 cm³/mol. The van der Waals surface area contributed by atoms with Crippen LogP contribution in [0.3, 0.4) is 0 Å². The Kier molecular flexibility index (Phi) is 7.91. The third-order valence-electron chi connectivity index (χ3n) is 5.03. The van der Waals surface area contributed by atoms with Gasteiger partial charge in [0.05, 0.1) is 19.1 Å². The number of primary amides is 1. The highest BCUT2D eigenvalue weighted by Gasteiger charge is 2.39. The van der Waals surface area contributed by atoms with E-state index in [1.54, 1.807) is 0 Å². The summed E-state index contributed by atoms with van der Waals surface area (Å²) in [5.74, 6) is -4.12. The van der Waals surface area contributed by atoms with Crippen LogP contribution in [0.15, 0.2) is 0 Å². The average molecular weight is 413 g/mol. The first-order chi connectivity index (χ1) is 13.7. The molecule has 0 aliphatic carbocycles. The Bertz CT molecular complexity index is 665. The summed E-state index contributed by atoms with van der Waals surface area (Å²) in [7, 11) is 0. The van der Waals surface area contributed by atoms with Crippen LogP contribution in [-0.2, 0) is 24.0 Å². The molecule has 4 atom stereocenters. The maximum absolute atomic E-state index is 12.8. The van der Waals surface area contributed by atoms with E-state index in [2.05, 4.69) is 16.0 Å². The number of amides is 4. The van der Waals surface area contributed by atoms with Crippen molar-refractivity contribution in [1.82, 2.24) is 20.9 Å². The van der Waals surface area contributed by atoms with Crippen molar-refractivity contribution < 1.29 is 34.2 Å². The lowest BCUT2D eigenvalue weighted by Crippen LogP contribution is -2.58. The molecule has 12 nitrogen and oxygen atoms in total. The number of hydrogen-bond acceptors (Lipinski definition) is 7. The molecular weight excluding hydrogens is 386 g/mol. The first kappa shape index (κ1) is 22.6. The first-order valence-electron chi connectivity index (χ1n) is 9.51. The van der Waals surface area contributed by atoms with Gasteiger partial charge in [0.25, 0.3) is 0 Å². The van der Waals surface area contributed by atoms with Gasteiger partial charge in [-0.15, -0.1) is 0 Å². The number of nitrogens with two attached hydrogens (primary N) is 1. The van der Waals surface area contributed by atoms with Crippen LogP contribution in [0.4, 0.5) is 0 Å². The standard InChI is InChI=1S/C17H27N5O7/c18-13(24)7-10(16(27)22-6-2-4-12(22)17(28)29)20-15(26)11(8-23)21-14(25)9-3-1-5-19-9/h9-12,19,23H,1-8H2,(H2,18,24)(H,20,26)(H,21,25)(H,28,29). The van der Waals surface area contributed by atoms with Gasteiger partial charge in [-0.3, -0.25) is 19.2 Å². The molecule has 0 aromatic carbocycles. The molecule has 0 aromatic heterocycles. The Balaban J connectivity index is 2.05. The van der Waals surface area contributed by atoms with Crippen molar-refractivity contribution in [3.05, 3.63) is 0 Å². The Morgan fingerprint density at radius 1 is 1.10 bits per heavy atom. The molecule has 0 saturated carbocycles. The number of carbonyl (C=O) groups is 5. The zero-order chi connectivity index (χ0) is 21.6. The van der Waals surface area contributed by atoms with Crippen LogP contribution in [-0.4, -0.2) is 88.6 Å². The lowest BCUT2D eigenvalue weighted by atomic mass is 10.1.